The van der Waals surface area contributed by atoms with E-state index in [1.54, 1.807) is 0 Å². The first kappa shape index (κ1) is 51.4. The average molecular weight is 1090 g/mol. The Kier molecular flexibility index (Phi) is 13.1. The van der Waals surface area contributed by atoms with Crippen LogP contribution in [0.4, 0.5) is 34.1 Å². The number of aromatic nitrogens is 6. The average Bonchev–Trinajstić information content (AvgIpc) is 3.06. The SMILES string of the molecule is Cc1cc(C)c(-c2cc3nc(-c4ccc(N(c5ccccc5)c5ccc(-c6cn7ccccc7n6)cc5)cc4)c(-c4ccc(N(c5ccccc5)c5ccc(-c6cn7ccccc7n6)cc5)cc4)nc3cc2-c2c(C)cc(C)cc2C)c(C)c1. The van der Waals surface area contributed by atoms with E-state index in [2.05, 4.69) is 267 Å². The summed E-state index contributed by atoms with van der Waals surface area (Å²) in [6.45, 7) is 13.3. The molecule has 0 amide bonds. The van der Waals surface area contributed by atoms with Crippen molar-refractivity contribution in [1.29, 1.82) is 0 Å². The number of hydrogen-bond donors (Lipinski definition) is 0. The van der Waals surface area contributed by atoms with Crippen LogP contribution in [0.3, 0.4) is 0 Å². The van der Waals surface area contributed by atoms with Crippen molar-refractivity contribution in [3.63, 3.8) is 0 Å². The third-order valence-electron chi connectivity index (χ3n) is 16.1. The molecule has 0 atom stereocenters. The Morgan fingerprint density at radius 1 is 0.298 bits per heavy atom. The summed E-state index contributed by atoms with van der Waals surface area (Å²) in [4.78, 5) is 25.8. The first-order valence-corrected chi connectivity index (χ1v) is 28.6. The molecule has 14 rings (SSSR count). The van der Waals surface area contributed by atoms with Gasteiger partial charge in [0, 0.05) is 81.2 Å². The normalized spacial score (nSPS) is 11.5. The van der Waals surface area contributed by atoms with Gasteiger partial charge in [0.15, 0.2) is 0 Å². The first-order valence-electron chi connectivity index (χ1n) is 28.6. The molecule has 0 fully saturated rings. The molecule has 0 N–H and O–H groups in total. The third-order valence-corrected chi connectivity index (χ3v) is 16.1. The number of benzene rings is 9. The van der Waals surface area contributed by atoms with Gasteiger partial charge >= 0.3 is 0 Å². The summed E-state index contributed by atoms with van der Waals surface area (Å²) in [5.74, 6) is 0. The lowest BCUT2D eigenvalue weighted by atomic mass is 9.85. The second-order valence-corrected chi connectivity index (χ2v) is 22.1. The molecule has 0 saturated carbocycles. The summed E-state index contributed by atoms with van der Waals surface area (Å²) in [7, 11) is 0. The molecular weight excluding hydrogens is 1020 g/mol. The second-order valence-electron chi connectivity index (χ2n) is 22.1. The molecule has 0 saturated heterocycles. The zero-order valence-corrected chi connectivity index (χ0v) is 47.8. The molecule has 9 aromatic carbocycles. The fourth-order valence-electron chi connectivity index (χ4n) is 12.4. The monoisotopic (exact) mass is 1080 g/mol. The van der Waals surface area contributed by atoms with E-state index in [1.807, 2.05) is 48.8 Å². The van der Waals surface area contributed by atoms with Gasteiger partial charge in [0.25, 0.3) is 0 Å². The highest BCUT2D eigenvalue weighted by molar-refractivity contribution is 5.98. The smallest absolute Gasteiger partial charge is 0.137 e. The summed E-state index contributed by atoms with van der Waals surface area (Å²) in [6, 6.07) is 81.9. The largest absolute Gasteiger partial charge is 0.311 e. The summed E-state index contributed by atoms with van der Waals surface area (Å²) in [5, 5.41) is 0. The van der Waals surface area contributed by atoms with Gasteiger partial charge in [0.2, 0.25) is 0 Å². The molecule has 0 aliphatic heterocycles. The predicted octanol–water partition coefficient (Wildman–Crippen LogP) is 19.7. The van der Waals surface area contributed by atoms with E-state index in [9.17, 15) is 0 Å². The lowest BCUT2D eigenvalue weighted by Gasteiger charge is -2.26. The molecule has 0 unspecified atom stereocenters. The number of pyridine rings is 2. The Labute approximate surface area is 490 Å². The molecule has 8 nitrogen and oxygen atoms in total. The molecule has 0 aliphatic carbocycles. The van der Waals surface area contributed by atoms with Crippen molar-refractivity contribution in [3.05, 3.63) is 289 Å². The predicted molar refractivity (Wildman–Crippen MR) is 347 cm³/mol. The Morgan fingerprint density at radius 3 is 0.940 bits per heavy atom. The minimum Gasteiger partial charge on any atom is -0.311 e. The van der Waals surface area contributed by atoms with Gasteiger partial charge in [-0.25, -0.2) is 19.9 Å². The van der Waals surface area contributed by atoms with Gasteiger partial charge in [-0.05, 0) is 195 Å². The maximum absolute atomic E-state index is 5.72. The van der Waals surface area contributed by atoms with Crippen LogP contribution in [0, 0.1) is 41.5 Å². The topological polar surface area (TPSA) is 66.9 Å². The van der Waals surface area contributed by atoms with Gasteiger partial charge in [-0.3, -0.25) is 0 Å². The number of rotatable bonds is 12. The molecule has 0 spiro atoms. The van der Waals surface area contributed by atoms with Gasteiger partial charge < -0.3 is 18.6 Å². The highest BCUT2D eigenvalue weighted by atomic mass is 15.1. The van der Waals surface area contributed by atoms with Crippen molar-refractivity contribution < 1.29 is 0 Å². The quantitative estimate of drug-likeness (QED) is 0.121. The maximum Gasteiger partial charge on any atom is 0.137 e. The van der Waals surface area contributed by atoms with E-state index in [0.717, 1.165) is 113 Å². The van der Waals surface area contributed by atoms with Gasteiger partial charge in [0.05, 0.1) is 33.8 Å². The highest BCUT2D eigenvalue weighted by Gasteiger charge is 2.23. The molecule has 8 heteroatoms. The standard InChI is InChI=1S/C76H60N8/c1-49-41-51(3)73(52(4)42-49)65-45-67-68(46-66(65)74-53(5)43-50(2)44-54(74)6)80-76(58-29-37-64(38-30-58)84(60-19-11-8-12-20-60)62-33-25-56(26-34-62)70-48-82-40-16-14-22-72(82)78-70)75(79-67)57-27-35-63(36-28-57)83(59-17-9-7-10-18-59)61-31-23-55(24-32-61)69-47-81-39-15-13-21-71(81)77-69/h7-48H,1-6H3. The summed E-state index contributed by atoms with van der Waals surface area (Å²) in [6.07, 6.45) is 8.22. The fourth-order valence-corrected chi connectivity index (χ4v) is 12.4. The molecule has 5 heterocycles. The Hall–Kier alpha value is -10.7. The number of anilines is 6. The number of aryl methyl sites for hydroxylation is 6. The zero-order chi connectivity index (χ0) is 57.0. The van der Waals surface area contributed by atoms with E-state index in [1.165, 1.54) is 44.5 Å². The van der Waals surface area contributed by atoms with Gasteiger partial charge in [0.1, 0.15) is 11.3 Å². The summed E-state index contributed by atoms with van der Waals surface area (Å²) >= 11 is 0. The minimum atomic E-state index is 0.797. The van der Waals surface area contributed by atoms with Crippen molar-refractivity contribution in [2.75, 3.05) is 9.80 Å². The number of fused-ring (bicyclic) bond motifs is 3. The zero-order valence-electron chi connectivity index (χ0n) is 47.8. The van der Waals surface area contributed by atoms with Crippen LogP contribution < -0.4 is 9.80 Å². The number of para-hydroxylation sites is 2. The van der Waals surface area contributed by atoms with Crippen LogP contribution in [0.15, 0.2) is 255 Å². The number of nitrogens with zero attached hydrogens (tertiary/aromatic N) is 8. The summed E-state index contributed by atoms with van der Waals surface area (Å²) in [5.41, 5.74) is 29.3. The number of imidazole rings is 2. The van der Waals surface area contributed by atoms with Crippen LogP contribution in [0.2, 0.25) is 0 Å². The molecule has 0 radical (unpaired) electrons. The van der Waals surface area contributed by atoms with E-state index in [-0.39, 0.29) is 0 Å². The highest BCUT2D eigenvalue weighted by Crippen LogP contribution is 2.45. The van der Waals surface area contributed by atoms with Crippen LogP contribution in [0.5, 0.6) is 0 Å². The van der Waals surface area contributed by atoms with E-state index in [0.29, 0.717) is 0 Å². The fraction of sp³-hybridized carbons (Fsp3) is 0.0789. The van der Waals surface area contributed by atoms with Crippen LogP contribution in [-0.4, -0.2) is 28.7 Å². The maximum atomic E-state index is 5.72. The van der Waals surface area contributed by atoms with Gasteiger partial charge in [-0.15, -0.1) is 0 Å². The molecule has 14 aromatic rings. The molecule has 0 bridgehead atoms. The van der Waals surface area contributed by atoms with Crippen LogP contribution in [0.1, 0.15) is 33.4 Å². The lowest BCUT2D eigenvalue weighted by Crippen LogP contribution is -2.10. The second kappa shape index (κ2) is 21.3. The van der Waals surface area contributed by atoms with Crippen molar-refractivity contribution in [2.24, 2.45) is 0 Å². The molecule has 0 aliphatic rings. The Bertz CT molecular complexity index is 4340. The van der Waals surface area contributed by atoms with Gasteiger partial charge in [-0.2, -0.15) is 0 Å². The van der Waals surface area contributed by atoms with Gasteiger partial charge in [-0.1, -0.05) is 132 Å². The Morgan fingerprint density at radius 2 is 0.607 bits per heavy atom. The van der Waals surface area contributed by atoms with E-state index < -0.39 is 0 Å². The van der Waals surface area contributed by atoms with Crippen molar-refractivity contribution in [2.45, 2.75) is 41.5 Å². The third kappa shape index (κ3) is 9.63. The first-order chi connectivity index (χ1) is 41.1. The van der Waals surface area contributed by atoms with Crippen molar-refractivity contribution in [3.8, 4) is 67.3 Å². The Balaban J connectivity index is 0.906. The van der Waals surface area contributed by atoms with Crippen molar-refractivity contribution >= 4 is 56.5 Å². The van der Waals surface area contributed by atoms with Crippen LogP contribution in [0.25, 0.3) is 89.6 Å². The molecule has 84 heavy (non-hydrogen) atoms. The minimum absolute atomic E-state index is 0.797. The molecular formula is C76H60N8. The van der Waals surface area contributed by atoms with E-state index >= 15 is 0 Å². The molecule has 404 valence electrons. The molecule has 5 aromatic heterocycles. The van der Waals surface area contributed by atoms with Crippen LogP contribution in [-0.2, 0) is 0 Å². The lowest BCUT2D eigenvalue weighted by molar-refractivity contribution is 1.19. The number of hydrogen-bond acceptors (Lipinski definition) is 6. The van der Waals surface area contributed by atoms with Crippen molar-refractivity contribution in [1.82, 2.24) is 28.7 Å². The van der Waals surface area contributed by atoms with Crippen LogP contribution >= 0.6 is 0 Å². The summed E-state index contributed by atoms with van der Waals surface area (Å²) < 4.78 is 4.12. The van der Waals surface area contributed by atoms with E-state index in [4.69, 9.17) is 19.9 Å².